The van der Waals surface area contributed by atoms with Crippen molar-refractivity contribution in [3.8, 4) is 0 Å². The van der Waals surface area contributed by atoms with E-state index in [9.17, 15) is 13.0 Å². The molecule has 234 valence electrons. The van der Waals surface area contributed by atoms with Gasteiger partial charge in [0.25, 0.3) is 0 Å². The highest BCUT2D eigenvalue weighted by atomic mass is 32.2. The van der Waals surface area contributed by atoms with Crippen LogP contribution in [-0.2, 0) is 16.5 Å². The summed E-state index contributed by atoms with van der Waals surface area (Å²) in [5, 5.41) is 1.70. The molecule has 0 saturated carbocycles. The second-order valence-electron chi connectivity index (χ2n) is 11.7. The molecular formula is C36H61O3PS. The van der Waals surface area contributed by atoms with E-state index in [2.05, 4.69) is 58.0 Å². The Balaban J connectivity index is 0.000000414. The number of unbranched alkanes of at least 4 members (excludes halogenated alkanes) is 12. The van der Waals surface area contributed by atoms with Crippen molar-refractivity contribution in [2.45, 2.75) is 142 Å². The molecule has 2 aromatic rings. The largest absolute Gasteiger partial charge is 0.744 e. The first-order chi connectivity index (χ1) is 19.8. The van der Waals surface area contributed by atoms with Crippen molar-refractivity contribution in [2.24, 2.45) is 0 Å². The third kappa shape index (κ3) is 16.3. The fourth-order valence-electron chi connectivity index (χ4n) is 5.61. The molecule has 0 atom stereocenters. The van der Waals surface area contributed by atoms with Crippen LogP contribution in [0.15, 0.2) is 59.5 Å². The van der Waals surface area contributed by atoms with Gasteiger partial charge in [-0.3, -0.25) is 0 Å². The van der Waals surface area contributed by atoms with Gasteiger partial charge >= 0.3 is 0 Å². The lowest BCUT2D eigenvalue weighted by atomic mass is 10.0. The van der Waals surface area contributed by atoms with Crippen LogP contribution < -0.4 is 5.30 Å². The average molecular weight is 605 g/mol. The highest BCUT2D eigenvalue weighted by molar-refractivity contribution is 7.85. The zero-order chi connectivity index (χ0) is 30.2. The number of hydrogen-bond acceptors (Lipinski definition) is 3. The predicted molar refractivity (Wildman–Crippen MR) is 182 cm³/mol. The summed E-state index contributed by atoms with van der Waals surface area (Å²) in [6.45, 7) is 9.23. The summed E-state index contributed by atoms with van der Waals surface area (Å²) in [4.78, 5) is -0.0501. The Morgan fingerprint density at radius 1 is 0.537 bits per heavy atom. The Hall–Kier alpha value is -1.22. The zero-order valence-corrected chi connectivity index (χ0v) is 28.6. The Bertz CT molecular complexity index is 969. The van der Waals surface area contributed by atoms with Gasteiger partial charge in [0.15, 0.2) is 0 Å². The minimum absolute atomic E-state index is 0.0501. The fourth-order valence-corrected chi connectivity index (χ4v) is 11.4. The molecule has 0 aliphatic heterocycles. The first-order valence-electron chi connectivity index (χ1n) is 16.8. The fraction of sp³-hybridized carbons (Fsp3) is 0.667. The van der Waals surface area contributed by atoms with Crippen LogP contribution >= 0.6 is 7.26 Å². The summed E-state index contributed by atoms with van der Waals surface area (Å²) < 4.78 is 33.5. The van der Waals surface area contributed by atoms with E-state index >= 15 is 0 Å². The van der Waals surface area contributed by atoms with Crippen molar-refractivity contribution in [3.63, 3.8) is 0 Å². The highest BCUT2D eigenvalue weighted by Gasteiger charge is 2.37. The molecule has 0 radical (unpaired) electrons. The lowest BCUT2D eigenvalue weighted by Crippen LogP contribution is -2.20. The molecule has 0 heterocycles. The van der Waals surface area contributed by atoms with Crippen molar-refractivity contribution < 1.29 is 13.0 Å². The second kappa shape index (κ2) is 23.3. The normalized spacial score (nSPS) is 11.7. The first kappa shape index (κ1) is 37.8. The summed E-state index contributed by atoms with van der Waals surface area (Å²) in [5.41, 5.74) is 0.664. The van der Waals surface area contributed by atoms with Crippen LogP contribution in [0.1, 0.15) is 136 Å². The molecule has 0 aliphatic carbocycles. The number of hydrogen-bond donors (Lipinski definition) is 0. The lowest BCUT2D eigenvalue weighted by molar-refractivity contribution is 0.461. The molecule has 5 heteroatoms. The molecule has 2 aromatic carbocycles. The summed E-state index contributed by atoms with van der Waals surface area (Å²) >= 11 is 0. The maximum atomic E-state index is 11.2. The van der Waals surface area contributed by atoms with E-state index in [1.165, 1.54) is 114 Å². The van der Waals surface area contributed by atoms with Crippen molar-refractivity contribution in [3.05, 3.63) is 60.2 Å². The van der Waals surface area contributed by atoms with E-state index in [0.29, 0.717) is 12.0 Å². The number of rotatable bonds is 22. The monoisotopic (exact) mass is 604 g/mol. The zero-order valence-electron chi connectivity index (χ0n) is 26.9. The van der Waals surface area contributed by atoms with Crippen LogP contribution in [0.4, 0.5) is 0 Å². The van der Waals surface area contributed by atoms with Gasteiger partial charge in [0.05, 0.1) is 28.7 Å². The molecule has 0 fully saturated rings. The Kier molecular flexibility index (Phi) is 21.4. The maximum absolute atomic E-state index is 11.2. The van der Waals surface area contributed by atoms with E-state index < -0.39 is 17.4 Å². The molecule has 0 unspecified atom stereocenters. The van der Waals surface area contributed by atoms with E-state index in [-0.39, 0.29) is 4.90 Å². The molecule has 0 saturated heterocycles. The molecule has 0 bridgehead atoms. The summed E-state index contributed by atoms with van der Waals surface area (Å²) in [7, 11) is -5.24. The van der Waals surface area contributed by atoms with Crippen LogP contribution in [0.2, 0.25) is 0 Å². The summed E-state index contributed by atoms with van der Waals surface area (Å²) in [5.74, 6) is 0. The van der Waals surface area contributed by atoms with Gasteiger partial charge < -0.3 is 4.55 Å². The Labute approximate surface area is 255 Å². The standard InChI is InChI=1S/C18H30O3S.C18H32P/c1-2-3-4-5-6-7-8-9-10-11-14-17-15-12-13-16-18(17)22(19,20)21;1-4-7-15-19(16-8-5-2,17-9-6-3)18-13-11-10-12-14-18/h12-13,15-16H,2-11,14H2,1H3,(H,19,20,21);10-14H,4-9,15-17H2,1-3H3/q;+1/p-1. The summed E-state index contributed by atoms with van der Waals surface area (Å²) in [6.07, 6.45) is 25.9. The number of benzene rings is 2. The van der Waals surface area contributed by atoms with E-state index in [0.717, 1.165) is 12.8 Å². The van der Waals surface area contributed by atoms with Gasteiger partial charge in [-0.15, -0.1) is 0 Å². The van der Waals surface area contributed by atoms with Crippen LogP contribution in [-0.4, -0.2) is 31.5 Å². The van der Waals surface area contributed by atoms with Crippen molar-refractivity contribution in [1.29, 1.82) is 0 Å². The Morgan fingerprint density at radius 3 is 1.41 bits per heavy atom. The van der Waals surface area contributed by atoms with Crippen LogP contribution in [0.3, 0.4) is 0 Å². The topological polar surface area (TPSA) is 57.2 Å². The SMILES string of the molecule is CCCCCCCCCCCCc1ccccc1S(=O)(=O)[O-].CCCC[P+](CCCC)(CCCC)c1ccccc1. The molecule has 0 N–H and O–H groups in total. The molecule has 0 aromatic heterocycles. The van der Waals surface area contributed by atoms with Gasteiger partial charge in [-0.05, 0) is 55.9 Å². The molecule has 0 spiro atoms. The van der Waals surface area contributed by atoms with Gasteiger partial charge in [0.1, 0.15) is 10.1 Å². The average Bonchev–Trinajstić information content (AvgIpc) is 2.98. The molecule has 3 nitrogen and oxygen atoms in total. The minimum Gasteiger partial charge on any atom is -0.744 e. The first-order valence-corrected chi connectivity index (χ1v) is 20.5. The van der Waals surface area contributed by atoms with Gasteiger partial charge in [-0.2, -0.15) is 0 Å². The quantitative estimate of drug-likeness (QED) is 0.0763. The predicted octanol–water partition coefficient (Wildman–Crippen LogP) is 10.8. The highest BCUT2D eigenvalue weighted by Crippen LogP contribution is 2.59. The smallest absolute Gasteiger partial charge is 0.124 e. The number of aryl methyl sites for hydroxylation is 1. The third-order valence-corrected chi connectivity index (χ3v) is 14.0. The van der Waals surface area contributed by atoms with Gasteiger partial charge in [-0.1, -0.05) is 141 Å². The van der Waals surface area contributed by atoms with E-state index in [4.69, 9.17) is 0 Å². The maximum Gasteiger partial charge on any atom is 0.124 e. The second-order valence-corrected chi connectivity index (χ2v) is 17.2. The summed E-state index contributed by atoms with van der Waals surface area (Å²) in [6, 6.07) is 18.0. The van der Waals surface area contributed by atoms with Gasteiger partial charge in [0.2, 0.25) is 0 Å². The van der Waals surface area contributed by atoms with Gasteiger partial charge in [0, 0.05) is 7.26 Å². The minimum atomic E-state index is -4.35. The van der Waals surface area contributed by atoms with Crippen LogP contribution in [0, 0.1) is 0 Å². The van der Waals surface area contributed by atoms with Crippen molar-refractivity contribution in [1.82, 2.24) is 0 Å². The van der Waals surface area contributed by atoms with E-state index in [1.807, 2.05) is 0 Å². The molecule has 0 aliphatic rings. The van der Waals surface area contributed by atoms with Crippen LogP contribution in [0.5, 0.6) is 0 Å². The van der Waals surface area contributed by atoms with Crippen molar-refractivity contribution in [2.75, 3.05) is 18.5 Å². The molecular weight excluding hydrogens is 543 g/mol. The lowest BCUT2D eigenvalue weighted by Gasteiger charge is -2.27. The molecule has 41 heavy (non-hydrogen) atoms. The van der Waals surface area contributed by atoms with Crippen LogP contribution in [0.25, 0.3) is 0 Å². The molecule has 2 rings (SSSR count). The third-order valence-electron chi connectivity index (χ3n) is 8.16. The molecule has 0 amide bonds. The Morgan fingerprint density at radius 2 is 0.951 bits per heavy atom. The van der Waals surface area contributed by atoms with Crippen molar-refractivity contribution >= 4 is 22.7 Å². The van der Waals surface area contributed by atoms with E-state index in [1.54, 1.807) is 23.5 Å². The van der Waals surface area contributed by atoms with Gasteiger partial charge in [-0.25, -0.2) is 8.42 Å².